The lowest BCUT2D eigenvalue weighted by Crippen LogP contribution is -2.21. The molecule has 0 fully saturated rings. The Morgan fingerprint density at radius 2 is 1.94 bits per heavy atom. The molecule has 1 aromatic carbocycles. The molecule has 0 amide bonds. The molecule has 2 rings (SSSR count). The highest BCUT2D eigenvalue weighted by atomic mass is 79.9. The predicted octanol–water partition coefficient (Wildman–Crippen LogP) is 3.40. The van der Waals surface area contributed by atoms with E-state index in [1.165, 1.54) is 0 Å². The Hall–Kier alpha value is -1.26. The Morgan fingerprint density at radius 3 is 2.56 bits per heavy atom. The van der Waals surface area contributed by atoms with Gasteiger partial charge in [0.1, 0.15) is 0 Å². The van der Waals surface area contributed by atoms with Crippen LogP contribution in [0.4, 0.5) is 0 Å². The van der Waals surface area contributed by atoms with Crippen molar-refractivity contribution in [2.75, 3.05) is 0 Å². The van der Waals surface area contributed by atoms with Crippen LogP contribution in [-0.4, -0.2) is 16.0 Å². The predicted molar refractivity (Wildman–Crippen MR) is 77.1 cm³/mol. The fourth-order valence-electron chi connectivity index (χ4n) is 1.54. The number of hydrogen-bond donors (Lipinski definition) is 1. The molecule has 0 atom stereocenters. The van der Waals surface area contributed by atoms with Crippen LogP contribution in [0.1, 0.15) is 19.4 Å². The fourth-order valence-corrected chi connectivity index (χ4v) is 1.94. The molecule has 0 saturated heterocycles. The summed E-state index contributed by atoms with van der Waals surface area (Å²) in [5.41, 5.74) is 2.12. The molecule has 0 aliphatic rings. The minimum Gasteiger partial charge on any atom is -0.310 e. The zero-order chi connectivity index (χ0) is 13.0. The number of hydrogen-bond acceptors (Lipinski definition) is 3. The molecule has 3 nitrogen and oxygen atoms in total. The van der Waals surface area contributed by atoms with E-state index < -0.39 is 0 Å². The zero-order valence-electron chi connectivity index (χ0n) is 10.5. The van der Waals surface area contributed by atoms with Crippen molar-refractivity contribution in [1.29, 1.82) is 0 Å². The van der Waals surface area contributed by atoms with Crippen molar-refractivity contribution >= 4 is 15.9 Å². The molecular formula is C14H16BrN3. The van der Waals surface area contributed by atoms with Crippen LogP contribution < -0.4 is 5.32 Å². The Morgan fingerprint density at radius 1 is 1.22 bits per heavy atom. The Bertz CT molecular complexity index is 509. The molecule has 94 valence electrons. The van der Waals surface area contributed by atoms with E-state index in [2.05, 4.69) is 45.1 Å². The van der Waals surface area contributed by atoms with Crippen molar-refractivity contribution in [2.24, 2.45) is 0 Å². The van der Waals surface area contributed by atoms with Gasteiger partial charge in [0.25, 0.3) is 0 Å². The number of aromatic nitrogens is 2. The molecule has 4 heteroatoms. The SMILES string of the molecule is CC(C)NCc1cnc(-c2cccc(Br)c2)nc1. The maximum atomic E-state index is 4.40. The molecular weight excluding hydrogens is 290 g/mol. The Kier molecular flexibility index (Phi) is 4.44. The van der Waals surface area contributed by atoms with Crippen molar-refractivity contribution in [3.8, 4) is 11.4 Å². The van der Waals surface area contributed by atoms with Gasteiger partial charge in [0.15, 0.2) is 5.82 Å². The highest BCUT2D eigenvalue weighted by Crippen LogP contribution is 2.19. The summed E-state index contributed by atoms with van der Waals surface area (Å²) in [5, 5.41) is 3.34. The minimum atomic E-state index is 0.467. The highest BCUT2D eigenvalue weighted by molar-refractivity contribution is 9.10. The third-order valence-electron chi connectivity index (χ3n) is 2.50. The van der Waals surface area contributed by atoms with E-state index in [1.807, 2.05) is 36.7 Å². The molecule has 0 bridgehead atoms. The second-order valence-electron chi connectivity index (χ2n) is 4.46. The lowest BCUT2D eigenvalue weighted by Gasteiger charge is -2.07. The van der Waals surface area contributed by atoms with Gasteiger partial charge >= 0.3 is 0 Å². The zero-order valence-corrected chi connectivity index (χ0v) is 12.1. The number of nitrogens with one attached hydrogen (secondary N) is 1. The maximum absolute atomic E-state index is 4.40. The normalized spacial score (nSPS) is 10.9. The fraction of sp³-hybridized carbons (Fsp3) is 0.286. The topological polar surface area (TPSA) is 37.8 Å². The summed E-state index contributed by atoms with van der Waals surface area (Å²) >= 11 is 3.45. The monoisotopic (exact) mass is 305 g/mol. The van der Waals surface area contributed by atoms with E-state index >= 15 is 0 Å². The van der Waals surface area contributed by atoms with Gasteiger partial charge in [-0.3, -0.25) is 0 Å². The van der Waals surface area contributed by atoms with Crippen molar-refractivity contribution < 1.29 is 0 Å². The van der Waals surface area contributed by atoms with Gasteiger partial charge in [0.2, 0.25) is 0 Å². The summed E-state index contributed by atoms with van der Waals surface area (Å²) in [6.45, 7) is 5.05. The van der Waals surface area contributed by atoms with Gasteiger partial charge < -0.3 is 5.32 Å². The Balaban J connectivity index is 2.12. The van der Waals surface area contributed by atoms with Crippen LogP contribution in [-0.2, 0) is 6.54 Å². The molecule has 0 saturated carbocycles. The van der Waals surface area contributed by atoms with Crippen molar-refractivity contribution in [3.63, 3.8) is 0 Å². The van der Waals surface area contributed by atoms with Crippen molar-refractivity contribution in [2.45, 2.75) is 26.4 Å². The van der Waals surface area contributed by atoms with Crippen LogP contribution in [0.15, 0.2) is 41.1 Å². The standard InChI is InChI=1S/C14H16BrN3/c1-10(2)16-7-11-8-17-14(18-9-11)12-4-3-5-13(15)6-12/h3-6,8-10,16H,7H2,1-2H3. The van der Waals surface area contributed by atoms with Crippen molar-refractivity contribution in [1.82, 2.24) is 15.3 Å². The molecule has 0 aliphatic heterocycles. The van der Waals surface area contributed by atoms with E-state index in [-0.39, 0.29) is 0 Å². The maximum Gasteiger partial charge on any atom is 0.159 e. The molecule has 0 unspecified atom stereocenters. The largest absolute Gasteiger partial charge is 0.310 e. The third kappa shape index (κ3) is 3.62. The van der Waals surface area contributed by atoms with Gasteiger partial charge in [0.05, 0.1) is 0 Å². The van der Waals surface area contributed by atoms with E-state index in [4.69, 9.17) is 0 Å². The van der Waals surface area contributed by atoms with Gasteiger partial charge in [-0.15, -0.1) is 0 Å². The average Bonchev–Trinajstić information content (AvgIpc) is 2.37. The summed E-state index contributed by atoms with van der Waals surface area (Å²) in [5.74, 6) is 0.754. The molecule has 18 heavy (non-hydrogen) atoms. The molecule has 1 aromatic heterocycles. The summed E-state index contributed by atoms with van der Waals surface area (Å²) in [7, 11) is 0. The first-order valence-electron chi connectivity index (χ1n) is 5.95. The minimum absolute atomic E-state index is 0.467. The first kappa shape index (κ1) is 13.2. The molecule has 0 aliphatic carbocycles. The molecule has 0 spiro atoms. The van der Waals surface area contributed by atoms with Crippen LogP contribution in [0.2, 0.25) is 0 Å². The van der Waals surface area contributed by atoms with Crippen LogP contribution >= 0.6 is 15.9 Å². The van der Waals surface area contributed by atoms with Crippen LogP contribution in [0, 0.1) is 0 Å². The van der Waals surface area contributed by atoms with E-state index in [0.29, 0.717) is 6.04 Å². The Labute approximate surface area is 116 Å². The number of rotatable bonds is 4. The lowest BCUT2D eigenvalue weighted by atomic mass is 10.2. The van der Waals surface area contributed by atoms with Gasteiger partial charge in [0, 0.05) is 40.6 Å². The van der Waals surface area contributed by atoms with Gasteiger partial charge in [-0.25, -0.2) is 9.97 Å². The summed E-state index contributed by atoms with van der Waals surface area (Å²) in [6, 6.07) is 8.46. The summed E-state index contributed by atoms with van der Waals surface area (Å²) in [4.78, 5) is 8.79. The second-order valence-corrected chi connectivity index (χ2v) is 5.38. The second kappa shape index (κ2) is 6.07. The first-order chi connectivity index (χ1) is 8.65. The van der Waals surface area contributed by atoms with Gasteiger partial charge in [-0.1, -0.05) is 41.9 Å². The number of halogens is 1. The third-order valence-corrected chi connectivity index (χ3v) is 3.00. The quantitative estimate of drug-likeness (QED) is 0.940. The molecule has 2 aromatic rings. The highest BCUT2D eigenvalue weighted by Gasteiger charge is 2.02. The molecule has 0 radical (unpaired) electrons. The van der Waals surface area contributed by atoms with E-state index in [1.54, 1.807) is 0 Å². The molecule has 1 N–H and O–H groups in total. The number of nitrogens with zero attached hydrogens (tertiary/aromatic N) is 2. The summed E-state index contributed by atoms with van der Waals surface area (Å²) < 4.78 is 1.04. The van der Waals surface area contributed by atoms with Crippen LogP contribution in [0.25, 0.3) is 11.4 Å². The average molecular weight is 306 g/mol. The van der Waals surface area contributed by atoms with E-state index in [9.17, 15) is 0 Å². The van der Waals surface area contributed by atoms with Crippen LogP contribution in [0.5, 0.6) is 0 Å². The summed E-state index contributed by atoms with van der Waals surface area (Å²) in [6.07, 6.45) is 3.75. The smallest absolute Gasteiger partial charge is 0.159 e. The van der Waals surface area contributed by atoms with Crippen LogP contribution in [0.3, 0.4) is 0 Å². The first-order valence-corrected chi connectivity index (χ1v) is 6.74. The lowest BCUT2D eigenvalue weighted by molar-refractivity contribution is 0.587. The van der Waals surface area contributed by atoms with Crippen molar-refractivity contribution in [3.05, 3.63) is 46.7 Å². The van der Waals surface area contributed by atoms with E-state index in [0.717, 1.165) is 28.0 Å². The van der Waals surface area contributed by atoms with Gasteiger partial charge in [-0.05, 0) is 12.1 Å². The van der Waals surface area contributed by atoms with Gasteiger partial charge in [-0.2, -0.15) is 0 Å². The number of benzene rings is 1. The molecule has 1 heterocycles.